The summed E-state index contributed by atoms with van der Waals surface area (Å²) in [7, 11) is 0. The molecule has 1 aliphatic rings. The number of nitrogens with one attached hydrogen (secondary N) is 1. The second-order valence-corrected chi connectivity index (χ2v) is 5.91. The molecule has 0 spiro atoms. The van der Waals surface area contributed by atoms with E-state index in [0.717, 1.165) is 41.8 Å². The predicted octanol–water partition coefficient (Wildman–Crippen LogP) is 3.70. The molecule has 0 amide bonds. The fraction of sp³-hybridized carbons (Fsp3) is 0.375. The van der Waals surface area contributed by atoms with E-state index in [4.69, 9.17) is 4.74 Å². The Labute approximate surface area is 129 Å². The van der Waals surface area contributed by atoms with Crippen molar-refractivity contribution in [3.05, 3.63) is 41.9 Å². The lowest BCUT2D eigenvalue weighted by molar-refractivity contribution is 0.210. The van der Waals surface area contributed by atoms with Crippen LogP contribution in [0.3, 0.4) is 0 Å². The zero-order valence-electron chi connectivity index (χ0n) is 12.3. The molecule has 1 atom stereocenters. The maximum atomic E-state index is 6.08. The number of benzene rings is 1. The number of hydrogen-bond donors (Lipinski definition) is 1. The summed E-state index contributed by atoms with van der Waals surface area (Å²) in [5.41, 5.74) is 1.04. The van der Waals surface area contributed by atoms with Crippen LogP contribution in [-0.2, 0) is 6.42 Å². The highest BCUT2D eigenvalue weighted by atomic mass is 32.2. The van der Waals surface area contributed by atoms with Crippen molar-refractivity contribution in [1.29, 1.82) is 0 Å². The van der Waals surface area contributed by atoms with Crippen LogP contribution in [0.4, 0.5) is 5.82 Å². The fourth-order valence-electron chi connectivity index (χ4n) is 2.26. The molecule has 110 valence electrons. The number of aromatic nitrogens is 2. The Morgan fingerprint density at radius 1 is 1.29 bits per heavy atom. The lowest BCUT2D eigenvalue weighted by Crippen LogP contribution is -2.19. The van der Waals surface area contributed by atoms with E-state index in [1.807, 2.05) is 24.3 Å². The van der Waals surface area contributed by atoms with E-state index in [0.29, 0.717) is 0 Å². The average molecular weight is 301 g/mol. The molecule has 21 heavy (non-hydrogen) atoms. The van der Waals surface area contributed by atoms with Gasteiger partial charge in [0.05, 0.1) is 0 Å². The van der Waals surface area contributed by atoms with Crippen molar-refractivity contribution in [3.8, 4) is 5.75 Å². The van der Waals surface area contributed by atoms with E-state index in [2.05, 4.69) is 35.2 Å². The third-order valence-electron chi connectivity index (χ3n) is 3.31. The van der Waals surface area contributed by atoms with Gasteiger partial charge in [-0.2, -0.15) is 0 Å². The largest absolute Gasteiger partial charge is 0.480 e. The van der Waals surface area contributed by atoms with Crippen molar-refractivity contribution < 1.29 is 4.74 Å². The molecule has 0 aliphatic carbocycles. The minimum Gasteiger partial charge on any atom is -0.480 e. The zero-order valence-corrected chi connectivity index (χ0v) is 13.1. The first-order chi connectivity index (χ1) is 10.3. The number of thioether (sulfide) groups is 1. The summed E-state index contributed by atoms with van der Waals surface area (Å²) in [5.74, 6) is 3.42. The summed E-state index contributed by atoms with van der Waals surface area (Å²) >= 11 is 1.80. The second-order valence-electron chi connectivity index (χ2n) is 4.85. The lowest BCUT2D eigenvalue weighted by Gasteiger charge is -2.25. The highest BCUT2D eigenvalue weighted by Crippen LogP contribution is 2.39. The summed E-state index contributed by atoms with van der Waals surface area (Å²) in [6.45, 7) is 5.02. The average Bonchev–Trinajstić information content (AvgIpc) is 2.54. The number of nitrogens with zero attached hydrogens (tertiary/aromatic N) is 2. The monoisotopic (exact) mass is 301 g/mol. The highest BCUT2D eigenvalue weighted by Gasteiger charge is 2.24. The van der Waals surface area contributed by atoms with Gasteiger partial charge in [-0.3, -0.25) is 0 Å². The van der Waals surface area contributed by atoms with Gasteiger partial charge in [0, 0.05) is 29.0 Å². The Balaban J connectivity index is 1.89. The fourth-order valence-corrected chi connectivity index (χ4v) is 3.24. The smallest absolute Gasteiger partial charge is 0.172 e. The third-order valence-corrected chi connectivity index (χ3v) is 4.43. The maximum Gasteiger partial charge on any atom is 0.172 e. The van der Waals surface area contributed by atoms with Crippen molar-refractivity contribution in [3.63, 3.8) is 0 Å². The third kappa shape index (κ3) is 3.13. The van der Waals surface area contributed by atoms with Gasteiger partial charge in [-0.25, -0.2) is 9.97 Å². The van der Waals surface area contributed by atoms with Gasteiger partial charge in [0.2, 0.25) is 0 Å². The number of ether oxygens (including phenoxy) is 1. The lowest BCUT2D eigenvalue weighted by atomic mass is 10.2. The van der Waals surface area contributed by atoms with E-state index in [-0.39, 0.29) is 6.10 Å². The summed E-state index contributed by atoms with van der Waals surface area (Å²) < 4.78 is 6.08. The van der Waals surface area contributed by atoms with Crippen molar-refractivity contribution in [2.45, 2.75) is 31.3 Å². The molecule has 4 nitrogen and oxygen atoms in total. The molecular weight excluding hydrogens is 282 g/mol. The molecule has 0 radical (unpaired) electrons. The molecule has 1 N–H and O–H groups in total. The molecule has 0 fully saturated rings. The van der Waals surface area contributed by atoms with Gasteiger partial charge in [-0.1, -0.05) is 19.1 Å². The quantitative estimate of drug-likeness (QED) is 0.933. The Bertz CT molecular complexity index is 633. The second kappa shape index (κ2) is 6.35. The number of fused-ring (bicyclic) bond motifs is 1. The molecule has 5 heteroatoms. The Morgan fingerprint density at radius 3 is 2.95 bits per heavy atom. The highest BCUT2D eigenvalue weighted by molar-refractivity contribution is 7.99. The molecular formula is C16H19N3OS. The van der Waals surface area contributed by atoms with E-state index >= 15 is 0 Å². The molecule has 0 saturated carbocycles. The molecule has 2 heterocycles. The van der Waals surface area contributed by atoms with Gasteiger partial charge < -0.3 is 10.1 Å². The van der Waals surface area contributed by atoms with Crippen LogP contribution in [0.1, 0.15) is 31.5 Å². The van der Waals surface area contributed by atoms with Crippen LogP contribution in [0.5, 0.6) is 5.75 Å². The number of anilines is 1. The van der Waals surface area contributed by atoms with E-state index in [1.165, 1.54) is 4.90 Å². The molecule has 1 aromatic carbocycles. The number of rotatable bonds is 4. The topological polar surface area (TPSA) is 47.0 Å². The standard InChI is InChI=1S/C16H19N3OS/c1-3-11-9-15(17-4-2)19-16(18-11)13-10-21-14-8-6-5-7-12(14)20-13/h5-9,13H,3-4,10H2,1-2H3,(H,17,18,19). The van der Waals surface area contributed by atoms with Crippen molar-refractivity contribution >= 4 is 17.6 Å². The zero-order chi connectivity index (χ0) is 14.7. The van der Waals surface area contributed by atoms with E-state index < -0.39 is 0 Å². The summed E-state index contributed by atoms with van der Waals surface area (Å²) in [5, 5.41) is 3.27. The minimum atomic E-state index is -0.0891. The Morgan fingerprint density at radius 2 is 2.14 bits per heavy atom. The Kier molecular flexibility index (Phi) is 4.29. The van der Waals surface area contributed by atoms with Crippen LogP contribution in [0.25, 0.3) is 0 Å². The van der Waals surface area contributed by atoms with Crippen LogP contribution in [-0.4, -0.2) is 22.3 Å². The van der Waals surface area contributed by atoms with Crippen molar-refractivity contribution in [1.82, 2.24) is 9.97 Å². The number of aryl methyl sites for hydroxylation is 1. The van der Waals surface area contributed by atoms with E-state index in [1.54, 1.807) is 11.8 Å². The first-order valence-corrected chi connectivity index (χ1v) is 8.29. The van der Waals surface area contributed by atoms with Gasteiger partial charge in [-0.05, 0) is 25.5 Å². The first kappa shape index (κ1) is 14.2. The van der Waals surface area contributed by atoms with Gasteiger partial charge in [0.1, 0.15) is 11.6 Å². The van der Waals surface area contributed by atoms with Crippen LogP contribution in [0.2, 0.25) is 0 Å². The number of hydrogen-bond acceptors (Lipinski definition) is 5. The van der Waals surface area contributed by atoms with Gasteiger partial charge in [-0.15, -0.1) is 11.8 Å². The van der Waals surface area contributed by atoms with Crippen LogP contribution in [0, 0.1) is 0 Å². The molecule has 0 saturated heterocycles. The number of para-hydroxylation sites is 1. The van der Waals surface area contributed by atoms with Crippen LogP contribution >= 0.6 is 11.8 Å². The van der Waals surface area contributed by atoms with Crippen molar-refractivity contribution in [2.75, 3.05) is 17.6 Å². The predicted molar refractivity (Wildman–Crippen MR) is 86.1 cm³/mol. The normalized spacial score (nSPS) is 17.0. The molecule has 1 aliphatic heterocycles. The van der Waals surface area contributed by atoms with Crippen LogP contribution < -0.4 is 10.1 Å². The van der Waals surface area contributed by atoms with Crippen LogP contribution in [0.15, 0.2) is 35.2 Å². The van der Waals surface area contributed by atoms with Gasteiger partial charge >= 0.3 is 0 Å². The Hall–Kier alpha value is -1.75. The molecule has 1 unspecified atom stereocenters. The first-order valence-electron chi connectivity index (χ1n) is 7.30. The van der Waals surface area contributed by atoms with Gasteiger partial charge in [0.15, 0.2) is 11.9 Å². The summed E-state index contributed by atoms with van der Waals surface area (Å²) in [6, 6.07) is 10.1. The molecule has 3 rings (SSSR count). The molecule has 2 aromatic rings. The van der Waals surface area contributed by atoms with Gasteiger partial charge in [0.25, 0.3) is 0 Å². The SMILES string of the molecule is CCNc1cc(CC)nc(C2CSc3ccccc3O2)n1. The van der Waals surface area contributed by atoms with Crippen molar-refractivity contribution in [2.24, 2.45) is 0 Å². The molecule has 0 bridgehead atoms. The minimum absolute atomic E-state index is 0.0891. The summed E-state index contributed by atoms with van der Waals surface area (Å²) in [4.78, 5) is 10.4. The molecule has 1 aromatic heterocycles. The van der Waals surface area contributed by atoms with E-state index in [9.17, 15) is 0 Å². The maximum absolute atomic E-state index is 6.08. The summed E-state index contributed by atoms with van der Waals surface area (Å²) in [6.07, 6.45) is 0.804.